The van der Waals surface area contributed by atoms with Gasteiger partial charge in [0, 0.05) is 12.1 Å². The molecule has 2 amide bonds. The lowest BCUT2D eigenvalue weighted by Gasteiger charge is -2.23. The zero-order chi connectivity index (χ0) is 21.0. The Labute approximate surface area is 175 Å². The Morgan fingerprint density at radius 2 is 1.86 bits per heavy atom. The second-order valence-corrected chi connectivity index (χ2v) is 7.74. The fourth-order valence-corrected chi connectivity index (χ4v) is 3.43. The van der Waals surface area contributed by atoms with E-state index in [-0.39, 0.29) is 24.3 Å². The molecule has 3 rings (SSSR count). The topological polar surface area (TPSA) is 76.7 Å². The molecule has 0 bridgehead atoms. The average molecular weight is 417 g/mol. The van der Waals surface area contributed by atoms with Gasteiger partial charge in [-0.25, -0.2) is 0 Å². The Morgan fingerprint density at radius 3 is 2.59 bits per heavy atom. The molecule has 0 saturated carbocycles. The Bertz CT molecular complexity index is 914. The number of hydrogen-bond acceptors (Lipinski definition) is 4. The lowest BCUT2D eigenvalue weighted by Crippen LogP contribution is -2.49. The molecule has 29 heavy (non-hydrogen) atoms. The fraction of sp³-hybridized carbons (Fsp3) is 0.364. The molecule has 0 aliphatic carbocycles. The van der Waals surface area contributed by atoms with Gasteiger partial charge in [0.1, 0.15) is 19.3 Å². The van der Waals surface area contributed by atoms with Crippen molar-refractivity contribution in [3.63, 3.8) is 0 Å². The van der Waals surface area contributed by atoms with Gasteiger partial charge in [-0.1, -0.05) is 43.6 Å². The number of rotatable bonds is 6. The van der Waals surface area contributed by atoms with Gasteiger partial charge >= 0.3 is 0 Å². The minimum atomic E-state index is -0.658. The summed E-state index contributed by atoms with van der Waals surface area (Å²) in [4.78, 5) is 25.4. The van der Waals surface area contributed by atoms with Gasteiger partial charge in [0.15, 0.2) is 11.5 Å². The summed E-state index contributed by atoms with van der Waals surface area (Å²) in [5, 5.41) is 6.17. The second kappa shape index (κ2) is 9.18. The van der Waals surface area contributed by atoms with E-state index in [4.69, 9.17) is 21.1 Å². The van der Waals surface area contributed by atoms with E-state index in [1.807, 2.05) is 32.9 Å². The van der Waals surface area contributed by atoms with Crippen LogP contribution in [-0.2, 0) is 11.3 Å². The van der Waals surface area contributed by atoms with Crippen LogP contribution in [0, 0.1) is 12.8 Å². The van der Waals surface area contributed by atoms with Gasteiger partial charge in [-0.2, -0.15) is 0 Å². The number of halogens is 1. The number of fused-ring (bicyclic) bond motifs is 1. The highest BCUT2D eigenvalue weighted by Gasteiger charge is 2.25. The van der Waals surface area contributed by atoms with Crippen LogP contribution in [0.25, 0.3) is 0 Å². The minimum Gasteiger partial charge on any atom is -0.486 e. The molecule has 1 atom stereocenters. The number of carbonyl (C=O) groups excluding carboxylic acids is 2. The molecule has 0 spiro atoms. The maximum absolute atomic E-state index is 12.8. The van der Waals surface area contributed by atoms with Crippen molar-refractivity contribution >= 4 is 23.4 Å². The highest BCUT2D eigenvalue weighted by molar-refractivity contribution is 6.32. The molecule has 1 aliphatic heterocycles. The zero-order valence-electron chi connectivity index (χ0n) is 16.8. The second-order valence-electron chi connectivity index (χ2n) is 7.33. The Kier molecular flexibility index (Phi) is 6.64. The van der Waals surface area contributed by atoms with Gasteiger partial charge in [0.05, 0.1) is 5.02 Å². The lowest BCUT2D eigenvalue weighted by molar-refractivity contribution is -0.124. The first-order chi connectivity index (χ1) is 13.9. The SMILES string of the molecule is Cc1ccccc1C(=O)NC(C(=O)NCc1cc(Cl)c2c(c1)OCCO2)C(C)C. The first-order valence-corrected chi connectivity index (χ1v) is 9.97. The molecule has 2 N–H and O–H groups in total. The summed E-state index contributed by atoms with van der Waals surface area (Å²) in [5.74, 6) is 0.499. The van der Waals surface area contributed by atoms with Crippen LogP contribution in [0.15, 0.2) is 36.4 Å². The van der Waals surface area contributed by atoms with Crippen molar-refractivity contribution in [2.75, 3.05) is 13.2 Å². The molecule has 7 heteroatoms. The van der Waals surface area contributed by atoms with Gasteiger partial charge in [0.2, 0.25) is 5.91 Å². The number of amides is 2. The summed E-state index contributed by atoms with van der Waals surface area (Å²) in [6.45, 7) is 6.83. The molecule has 1 heterocycles. The fourth-order valence-electron chi connectivity index (χ4n) is 3.15. The predicted molar refractivity (Wildman–Crippen MR) is 112 cm³/mol. The third kappa shape index (κ3) is 5.01. The van der Waals surface area contributed by atoms with Gasteiger partial charge < -0.3 is 20.1 Å². The van der Waals surface area contributed by atoms with E-state index in [1.54, 1.807) is 24.3 Å². The van der Waals surface area contributed by atoms with Crippen LogP contribution >= 0.6 is 11.6 Å². The Morgan fingerprint density at radius 1 is 1.14 bits per heavy atom. The van der Waals surface area contributed by atoms with E-state index in [0.29, 0.717) is 35.3 Å². The summed E-state index contributed by atoms with van der Waals surface area (Å²) >= 11 is 6.25. The molecule has 154 valence electrons. The van der Waals surface area contributed by atoms with E-state index in [1.165, 1.54) is 0 Å². The van der Waals surface area contributed by atoms with E-state index in [0.717, 1.165) is 11.1 Å². The van der Waals surface area contributed by atoms with Crippen molar-refractivity contribution in [2.24, 2.45) is 5.92 Å². The molecule has 2 aromatic rings. The molecular weight excluding hydrogens is 392 g/mol. The van der Waals surface area contributed by atoms with Crippen molar-refractivity contribution in [2.45, 2.75) is 33.4 Å². The van der Waals surface area contributed by atoms with Crippen molar-refractivity contribution in [1.82, 2.24) is 10.6 Å². The number of benzene rings is 2. The summed E-state index contributed by atoms with van der Waals surface area (Å²) in [7, 11) is 0. The smallest absolute Gasteiger partial charge is 0.252 e. The molecule has 6 nitrogen and oxygen atoms in total. The van der Waals surface area contributed by atoms with Crippen molar-refractivity contribution in [3.8, 4) is 11.5 Å². The molecule has 0 aromatic heterocycles. The van der Waals surface area contributed by atoms with E-state index >= 15 is 0 Å². The highest BCUT2D eigenvalue weighted by atomic mass is 35.5. The molecule has 1 aliphatic rings. The normalized spacial score (nSPS) is 13.7. The van der Waals surface area contributed by atoms with Gasteiger partial charge in [0.25, 0.3) is 5.91 Å². The van der Waals surface area contributed by atoms with E-state index < -0.39 is 6.04 Å². The van der Waals surface area contributed by atoms with Crippen molar-refractivity contribution < 1.29 is 19.1 Å². The van der Waals surface area contributed by atoms with Crippen LogP contribution in [0.1, 0.15) is 35.3 Å². The van der Waals surface area contributed by atoms with Crippen LogP contribution < -0.4 is 20.1 Å². The number of aryl methyl sites for hydroxylation is 1. The summed E-state index contributed by atoms with van der Waals surface area (Å²) in [6.07, 6.45) is 0. The molecule has 2 aromatic carbocycles. The average Bonchev–Trinajstić information content (AvgIpc) is 2.70. The monoisotopic (exact) mass is 416 g/mol. The number of hydrogen-bond donors (Lipinski definition) is 2. The van der Waals surface area contributed by atoms with Crippen molar-refractivity contribution in [1.29, 1.82) is 0 Å². The third-order valence-corrected chi connectivity index (χ3v) is 5.03. The van der Waals surface area contributed by atoms with Gasteiger partial charge in [-0.05, 0) is 42.2 Å². The Hall–Kier alpha value is -2.73. The number of carbonyl (C=O) groups is 2. The van der Waals surface area contributed by atoms with E-state index in [9.17, 15) is 9.59 Å². The number of ether oxygens (including phenoxy) is 2. The van der Waals surface area contributed by atoms with Crippen LogP contribution in [0.5, 0.6) is 11.5 Å². The first-order valence-electron chi connectivity index (χ1n) is 9.59. The van der Waals surface area contributed by atoms with E-state index in [2.05, 4.69) is 10.6 Å². The van der Waals surface area contributed by atoms with Crippen LogP contribution in [0.3, 0.4) is 0 Å². The maximum atomic E-state index is 12.8. The quantitative estimate of drug-likeness (QED) is 0.755. The van der Waals surface area contributed by atoms with Crippen LogP contribution in [0.4, 0.5) is 0 Å². The van der Waals surface area contributed by atoms with Gasteiger partial charge in [-0.15, -0.1) is 0 Å². The number of nitrogens with one attached hydrogen (secondary N) is 2. The summed E-state index contributed by atoms with van der Waals surface area (Å²) in [5.41, 5.74) is 2.21. The molecule has 1 unspecified atom stereocenters. The molecule has 0 saturated heterocycles. The first kappa shape index (κ1) is 21.0. The predicted octanol–water partition coefficient (Wildman–Crippen LogP) is 3.49. The minimum absolute atomic E-state index is 0.0770. The molecule has 0 radical (unpaired) electrons. The molecule has 0 fully saturated rings. The van der Waals surface area contributed by atoms with Crippen LogP contribution in [-0.4, -0.2) is 31.1 Å². The highest BCUT2D eigenvalue weighted by Crippen LogP contribution is 2.38. The van der Waals surface area contributed by atoms with Crippen LogP contribution in [0.2, 0.25) is 5.02 Å². The standard InChI is InChI=1S/C22H25ClN2O4/c1-13(2)19(25-21(26)16-7-5-4-6-14(16)3)22(27)24-12-15-10-17(23)20-18(11-15)28-8-9-29-20/h4-7,10-11,13,19H,8-9,12H2,1-3H3,(H,24,27)(H,25,26). The Balaban J connectivity index is 1.67. The summed E-state index contributed by atoms with van der Waals surface area (Å²) in [6, 6.07) is 10.2. The zero-order valence-corrected chi connectivity index (χ0v) is 17.5. The van der Waals surface area contributed by atoms with Crippen molar-refractivity contribution in [3.05, 3.63) is 58.1 Å². The van der Waals surface area contributed by atoms with Gasteiger partial charge in [-0.3, -0.25) is 9.59 Å². The summed E-state index contributed by atoms with van der Waals surface area (Å²) < 4.78 is 11.1. The third-order valence-electron chi connectivity index (χ3n) is 4.75. The lowest BCUT2D eigenvalue weighted by atomic mass is 10.0. The molecular formula is C22H25ClN2O4. The maximum Gasteiger partial charge on any atom is 0.252 e. The largest absolute Gasteiger partial charge is 0.486 e.